The molecule has 6 heteroatoms. The van der Waals surface area contributed by atoms with Gasteiger partial charge in [-0.1, -0.05) is 0 Å². The van der Waals surface area contributed by atoms with Crippen LogP contribution >= 0.6 is 34.1 Å². The van der Waals surface area contributed by atoms with Gasteiger partial charge in [0.15, 0.2) is 0 Å². The lowest BCUT2D eigenvalue weighted by molar-refractivity contribution is 0.852. The largest absolute Gasteiger partial charge is 0.230 e. The van der Waals surface area contributed by atoms with Crippen molar-refractivity contribution in [3.05, 3.63) is 21.8 Å². The smallest absolute Gasteiger partial charge is 0.211 e. The van der Waals surface area contributed by atoms with Crippen LogP contribution < -0.4 is 0 Å². The van der Waals surface area contributed by atoms with E-state index in [1.165, 1.54) is 24.4 Å². The summed E-state index contributed by atoms with van der Waals surface area (Å²) in [5.41, 5.74) is 0. The Balaban J connectivity index is 1.95. The molecule has 72 valence electrons. The summed E-state index contributed by atoms with van der Waals surface area (Å²) in [6, 6.07) is 0. The maximum atomic E-state index is 4.46. The lowest BCUT2D eigenvalue weighted by Crippen LogP contribution is -1.93. The topological polar surface area (TPSA) is 43.6 Å². The predicted molar refractivity (Wildman–Crippen MR) is 61.7 cm³/mol. The molecule has 3 rings (SSSR count). The Morgan fingerprint density at radius 2 is 2.36 bits per heavy atom. The van der Waals surface area contributed by atoms with E-state index in [0.29, 0.717) is 5.92 Å². The standard InChI is InChI=1S/C8H7IN4S/c9-6-3-10-13(4-6)8-11-7(12-14-8)5-1-2-5/h3-5H,1-2H2. The molecule has 2 aromatic rings. The SMILES string of the molecule is Ic1cnn(-c2nc(C3CC3)ns2)c1. The molecule has 14 heavy (non-hydrogen) atoms. The molecular formula is C8H7IN4S. The highest BCUT2D eigenvalue weighted by molar-refractivity contribution is 14.1. The van der Waals surface area contributed by atoms with Crippen molar-refractivity contribution in [2.24, 2.45) is 0 Å². The van der Waals surface area contributed by atoms with E-state index >= 15 is 0 Å². The van der Waals surface area contributed by atoms with Crippen molar-refractivity contribution in [3.63, 3.8) is 0 Å². The highest BCUT2D eigenvalue weighted by Crippen LogP contribution is 2.38. The van der Waals surface area contributed by atoms with Gasteiger partial charge in [0.2, 0.25) is 5.13 Å². The minimum absolute atomic E-state index is 0.620. The first-order valence-electron chi connectivity index (χ1n) is 4.37. The predicted octanol–water partition coefficient (Wildman–Crippen LogP) is 2.21. The van der Waals surface area contributed by atoms with Crippen molar-refractivity contribution >= 4 is 34.1 Å². The minimum atomic E-state index is 0.620. The molecular weight excluding hydrogens is 311 g/mol. The first-order chi connectivity index (χ1) is 6.83. The Bertz CT molecular complexity index is 459. The molecule has 2 heterocycles. The Morgan fingerprint density at radius 1 is 1.50 bits per heavy atom. The van der Waals surface area contributed by atoms with Gasteiger partial charge in [-0.15, -0.1) is 0 Å². The molecule has 0 unspecified atom stereocenters. The van der Waals surface area contributed by atoms with E-state index in [9.17, 15) is 0 Å². The van der Waals surface area contributed by atoms with E-state index in [1.54, 1.807) is 4.68 Å². The van der Waals surface area contributed by atoms with E-state index in [4.69, 9.17) is 0 Å². The van der Waals surface area contributed by atoms with Crippen LogP contribution in [0.4, 0.5) is 0 Å². The summed E-state index contributed by atoms with van der Waals surface area (Å²) >= 11 is 3.65. The summed E-state index contributed by atoms with van der Waals surface area (Å²) in [6.07, 6.45) is 6.26. The molecule has 0 atom stereocenters. The van der Waals surface area contributed by atoms with Crippen LogP contribution in [0.1, 0.15) is 24.6 Å². The van der Waals surface area contributed by atoms with Crippen LogP contribution in [0.3, 0.4) is 0 Å². The van der Waals surface area contributed by atoms with Crippen LogP contribution in [0.5, 0.6) is 0 Å². The monoisotopic (exact) mass is 318 g/mol. The molecule has 0 saturated heterocycles. The Morgan fingerprint density at radius 3 is 3.00 bits per heavy atom. The van der Waals surface area contributed by atoms with Crippen molar-refractivity contribution in [2.45, 2.75) is 18.8 Å². The van der Waals surface area contributed by atoms with Crippen LogP contribution in [-0.2, 0) is 0 Å². The molecule has 0 aliphatic heterocycles. The first kappa shape index (κ1) is 8.78. The summed E-state index contributed by atoms with van der Waals surface area (Å²) in [4.78, 5) is 4.46. The van der Waals surface area contributed by atoms with Gasteiger partial charge in [0, 0.05) is 23.6 Å². The van der Waals surface area contributed by atoms with Crippen molar-refractivity contribution in [2.75, 3.05) is 0 Å². The Labute approximate surface area is 98.7 Å². The molecule has 0 spiro atoms. The average molecular weight is 318 g/mol. The summed E-state index contributed by atoms with van der Waals surface area (Å²) in [7, 11) is 0. The average Bonchev–Trinajstić information content (AvgIpc) is 2.76. The maximum absolute atomic E-state index is 4.46. The summed E-state index contributed by atoms with van der Waals surface area (Å²) in [5.74, 6) is 1.62. The van der Waals surface area contributed by atoms with Gasteiger partial charge in [0.1, 0.15) is 5.82 Å². The lowest BCUT2D eigenvalue weighted by Gasteiger charge is -1.90. The van der Waals surface area contributed by atoms with Gasteiger partial charge in [0.05, 0.1) is 9.77 Å². The summed E-state index contributed by atoms with van der Waals surface area (Å²) in [5, 5.41) is 5.07. The van der Waals surface area contributed by atoms with Gasteiger partial charge in [-0.05, 0) is 35.4 Å². The fourth-order valence-electron chi connectivity index (χ4n) is 1.23. The number of aromatic nitrogens is 4. The van der Waals surface area contributed by atoms with Crippen molar-refractivity contribution in [3.8, 4) is 5.13 Å². The van der Waals surface area contributed by atoms with E-state index < -0.39 is 0 Å². The number of nitrogens with zero attached hydrogens (tertiary/aromatic N) is 4. The van der Waals surface area contributed by atoms with Gasteiger partial charge < -0.3 is 0 Å². The number of hydrogen-bond donors (Lipinski definition) is 0. The van der Waals surface area contributed by atoms with Crippen molar-refractivity contribution in [1.29, 1.82) is 0 Å². The molecule has 1 aliphatic rings. The molecule has 1 fully saturated rings. The van der Waals surface area contributed by atoms with Crippen LogP contribution in [0, 0.1) is 3.57 Å². The zero-order valence-corrected chi connectivity index (χ0v) is 10.2. The van der Waals surface area contributed by atoms with Gasteiger partial charge >= 0.3 is 0 Å². The van der Waals surface area contributed by atoms with Crippen molar-refractivity contribution < 1.29 is 0 Å². The lowest BCUT2D eigenvalue weighted by atomic mass is 10.4. The van der Waals surface area contributed by atoms with Crippen molar-refractivity contribution in [1.82, 2.24) is 19.1 Å². The fraction of sp³-hybridized carbons (Fsp3) is 0.375. The minimum Gasteiger partial charge on any atom is -0.211 e. The highest BCUT2D eigenvalue weighted by Gasteiger charge is 2.28. The number of hydrogen-bond acceptors (Lipinski definition) is 4. The van der Waals surface area contributed by atoms with Gasteiger partial charge in [-0.3, -0.25) is 0 Å². The van der Waals surface area contributed by atoms with E-state index in [2.05, 4.69) is 37.0 Å². The zero-order chi connectivity index (χ0) is 9.54. The molecule has 0 bridgehead atoms. The van der Waals surface area contributed by atoms with E-state index in [0.717, 1.165) is 14.5 Å². The molecule has 2 aromatic heterocycles. The molecule has 1 saturated carbocycles. The quantitative estimate of drug-likeness (QED) is 0.798. The second-order valence-corrected chi connectivity index (χ2v) is 5.29. The van der Waals surface area contributed by atoms with Gasteiger partial charge in [-0.25, -0.2) is 9.67 Å². The van der Waals surface area contributed by atoms with Crippen LogP contribution in [-0.4, -0.2) is 19.1 Å². The summed E-state index contributed by atoms with van der Waals surface area (Å²) in [6.45, 7) is 0. The van der Waals surface area contributed by atoms with Crippen LogP contribution in [0.15, 0.2) is 12.4 Å². The van der Waals surface area contributed by atoms with Gasteiger partial charge in [-0.2, -0.15) is 9.47 Å². The second-order valence-electron chi connectivity index (χ2n) is 3.31. The second kappa shape index (κ2) is 3.27. The molecule has 1 aliphatic carbocycles. The third kappa shape index (κ3) is 1.56. The first-order valence-corrected chi connectivity index (χ1v) is 6.22. The Kier molecular flexibility index (Phi) is 2.05. The third-order valence-electron chi connectivity index (χ3n) is 2.12. The highest BCUT2D eigenvalue weighted by atomic mass is 127. The molecule has 0 aromatic carbocycles. The number of rotatable bonds is 2. The molecule has 4 nitrogen and oxygen atoms in total. The van der Waals surface area contributed by atoms with Gasteiger partial charge in [0.25, 0.3) is 0 Å². The fourth-order valence-corrected chi connectivity index (χ4v) is 2.30. The third-order valence-corrected chi connectivity index (χ3v) is 3.40. The molecule has 0 radical (unpaired) electrons. The van der Waals surface area contributed by atoms with E-state index in [1.807, 2.05) is 12.4 Å². The number of halogens is 1. The molecule has 0 N–H and O–H groups in total. The van der Waals surface area contributed by atoms with E-state index in [-0.39, 0.29) is 0 Å². The zero-order valence-electron chi connectivity index (χ0n) is 7.22. The maximum Gasteiger partial charge on any atom is 0.230 e. The van der Waals surface area contributed by atoms with Crippen LogP contribution in [0.2, 0.25) is 0 Å². The summed E-state index contributed by atoms with van der Waals surface area (Å²) < 4.78 is 7.23. The Hall–Kier alpha value is -0.500. The van der Waals surface area contributed by atoms with Crippen LogP contribution in [0.25, 0.3) is 5.13 Å². The molecule has 0 amide bonds. The normalized spacial score (nSPS) is 16.1.